The van der Waals surface area contributed by atoms with Gasteiger partial charge >= 0.3 is 0 Å². The maximum Gasteiger partial charge on any atom is 0.293 e. The molecule has 4 heterocycles. The largest absolute Gasteiger partial charge is 0.366 e. The number of piperazine rings is 1. The molecule has 2 amide bonds. The molecule has 0 unspecified atom stereocenters. The summed E-state index contributed by atoms with van der Waals surface area (Å²) in [5, 5.41) is 25.3. The first kappa shape index (κ1) is 28.4. The Morgan fingerprint density at radius 3 is 2.66 bits per heavy atom. The van der Waals surface area contributed by atoms with Crippen molar-refractivity contribution in [2.24, 2.45) is 0 Å². The maximum absolute atomic E-state index is 15.2. The van der Waals surface area contributed by atoms with Crippen LogP contribution in [-0.4, -0.2) is 69.2 Å². The van der Waals surface area contributed by atoms with E-state index in [-0.39, 0.29) is 22.8 Å². The van der Waals surface area contributed by atoms with Crippen molar-refractivity contribution in [1.29, 1.82) is 0 Å². The number of carbonyl (C=O) groups excluding carboxylic acids is 2. The summed E-state index contributed by atoms with van der Waals surface area (Å²) in [5.41, 5.74) is 1.67. The summed E-state index contributed by atoms with van der Waals surface area (Å²) >= 11 is 0. The molecule has 0 saturated carbocycles. The van der Waals surface area contributed by atoms with Gasteiger partial charge in [-0.2, -0.15) is 0 Å². The number of para-hydroxylation sites is 1. The molecule has 0 aliphatic carbocycles. The number of carbonyl (C=O) groups is 2. The lowest BCUT2D eigenvalue weighted by Gasteiger charge is -2.37. The fourth-order valence-corrected chi connectivity index (χ4v) is 5.13. The zero-order valence-electron chi connectivity index (χ0n) is 23.4. The topological polar surface area (TPSA) is 176 Å². The van der Waals surface area contributed by atoms with Crippen molar-refractivity contribution in [2.45, 2.75) is 19.5 Å². The third-order valence-electron chi connectivity index (χ3n) is 7.41. The molecule has 1 fully saturated rings. The second-order valence-electron chi connectivity index (χ2n) is 10.3. The Hall–Kier alpha value is -5.73. The number of aromatic nitrogens is 3. The van der Waals surface area contributed by atoms with Crippen molar-refractivity contribution in [3.8, 4) is 11.3 Å². The Morgan fingerprint density at radius 1 is 1.11 bits per heavy atom. The highest BCUT2D eigenvalue weighted by molar-refractivity contribution is 6.01. The third kappa shape index (κ3) is 5.79. The average molecular weight is 603 g/mol. The van der Waals surface area contributed by atoms with Crippen LogP contribution in [0.25, 0.3) is 22.2 Å². The minimum atomic E-state index is -0.843. The second-order valence-corrected chi connectivity index (χ2v) is 10.3. The number of H-pyrrole nitrogens is 1. The summed E-state index contributed by atoms with van der Waals surface area (Å²) in [6.45, 7) is 3.38. The molecule has 1 saturated heterocycles. The molecule has 0 spiro atoms. The van der Waals surface area contributed by atoms with Gasteiger partial charge in [0.15, 0.2) is 11.6 Å². The normalized spacial score (nSPS) is 14.0. The molecule has 0 bridgehead atoms. The number of non-ortho nitro benzene ring substituents is 1. The van der Waals surface area contributed by atoms with Crippen LogP contribution in [0.4, 0.5) is 21.6 Å². The van der Waals surface area contributed by atoms with Crippen LogP contribution >= 0.6 is 0 Å². The predicted molar refractivity (Wildman–Crippen MR) is 156 cm³/mol. The fourth-order valence-electron chi connectivity index (χ4n) is 5.13. The number of aromatic amines is 1. The molecule has 2 aromatic carbocycles. The van der Waals surface area contributed by atoms with E-state index in [9.17, 15) is 19.7 Å². The Kier molecular flexibility index (Phi) is 7.66. The van der Waals surface area contributed by atoms with E-state index in [0.717, 1.165) is 0 Å². The van der Waals surface area contributed by atoms with Gasteiger partial charge in [-0.1, -0.05) is 28.5 Å². The van der Waals surface area contributed by atoms with Gasteiger partial charge in [0.1, 0.15) is 35.0 Å². The fraction of sp³-hybridized carbons (Fsp3) is 0.241. The lowest BCUT2D eigenvalue weighted by atomic mass is 10.1. The van der Waals surface area contributed by atoms with Gasteiger partial charge in [-0.3, -0.25) is 19.7 Å². The van der Waals surface area contributed by atoms with Crippen molar-refractivity contribution >= 4 is 39.9 Å². The highest BCUT2D eigenvalue weighted by atomic mass is 19.1. The lowest BCUT2D eigenvalue weighted by Crippen LogP contribution is -2.54. The summed E-state index contributed by atoms with van der Waals surface area (Å²) in [4.78, 5) is 43.0. The minimum Gasteiger partial charge on any atom is -0.366 e. The van der Waals surface area contributed by atoms with Crippen LogP contribution in [-0.2, 0) is 11.3 Å². The number of rotatable bonds is 9. The Labute approximate surface area is 248 Å². The van der Waals surface area contributed by atoms with Crippen LogP contribution < -0.4 is 15.5 Å². The molecule has 226 valence electrons. The number of nitro benzene ring substituents is 1. The number of anilines is 2. The zero-order chi connectivity index (χ0) is 30.8. The van der Waals surface area contributed by atoms with E-state index >= 15 is 4.39 Å². The molecule has 1 aliphatic rings. The number of benzene rings is 2. The second kappa shape index (κ2) is 11.9. The number of amides is 2. The first-order valence-electron chi connectivity index (χ1n) is 13.8. The van der Waals surface area contributed by atoms with E-state index < -0.39 is 22.7 Å². The van der Waals surface area contributed by atoms with Crippen molar-refractivity contribution in [3.05, 3.63) is 88.2 Å². The zero-order valence-corrected chi connectivity index (χ0v) is 23.4. The molecule has 3 aromatic heterocycles. The van der Waals surface area contributed by atoms with Crippen LogP contribution in [0.5, 0.6) is 0 Å². The maximum atomic E-state index is 15.2. The van der Waals surface area contributed by atoms with Gasteiger partial charge in [0.05, 0.1) is 17.2 Å². The van der Waals surface area contributed by atoms with Crippen LogP contribution in [0, 0.1) is 15.9 Å². The van der Waals surface area contributed by atoms with E-state index in [1.807, 2.05) is 4.90 Å². The van der Waals surface area contributed by atoms with E-state index in [1.54, 1.807) is 42.2 Å². The number of nitrogens with zero attached hydrogens (tertiary/aromatic N) is 5. The number of fused-ring (bicyclic) bond motifs is 1. The molecule has 3 N–H and O–H groups in total. The summed E-state index contributed by atoms with van der Waals surface area (Å²) < 4.78 is 25.3. The minimum absolute atomic E-state index is 0.114. The Morgan fingerprint density at radius 2 is 1.93 bits per heavy atom. The monoisotopic (exact) mass is 602 g/mol. The molecule has 0 radical (unpaired) electrons. The van der Waals surface area contributed by atoms with Crippen LogP contribution in [0.2, 0.25) is 0 Å². The molecular formula is C29H27FN8O6. The summed E-state index contributed by atoms with van der Waals surface area (Å²) in [7, 11) is 0. The van der Waals surface area contributed by atoms with Gasteiger partial charge in [-0.15, -0.1) is 0 Å². The van der Waals surface area contributed by atoms with Crippen LogP contribution in [0.1, 0.15) is 23.2 Å². The number of nitro groups is 1. The van der Waals surface area contributed by atoms with Gasteiger partial charge in [0, 0.05) is 55.3 Å². The highest BCUT2D eigenvalue weighted by Crippen LogP contribution is 2.28. The van der Waals surface area contributed by atoms with E-state index in [1.165, 1.54) is 30.5 Å². The highest BCUT2D eigenvalue weighted by Gasteiger charge is 2.28. The average Bonchev–Trinajstić information content (AvgIpc) is 3.80. The van der Waals surface area contributed by atoms with E-state index in [4.69, 9.17) is 9.05 Å². The Balaban J connectivity index is 1.03. The van der Waals surface area contributed by atoms with Gasteiger partial charge in [0.2, 0.25) is 5.91 Å². The van der Waals surface area contributed by atoms with Crippen molar-refractivity contribution in [3.63, 3.8) is 0 Å². The SMILES string of the molecule is C[C@H](NC(=O)c1cc2cccc([N+](=O)[O-])c2[nH]1)C(=O)N1CCN(c2ccc(-c3cc(CNc4ccon4)on3)cc2F)CC1. The van der Waals surface area contributed by atoms with Crippen LogP contribution in [0.15, 0.2) is 69.9 Å². The standard InChI is InChI=1S/C29H27FN8O6/c1-17(32-28(39)23-14-19-3-2-4-25(38(41)42)27(19)33-23)29(40)37-10-8-36(9-11-37)24-6-5-18(13-21(24)30)22-15-20(44-34-22)16-31-26-7-12-43-35-26/h2-7,12-15,17,33H,8-11,16H2,1H3,(H,31,35)(H,32,39)/t17-/m0/s1. The lowest BCUT2D eigenvalue weighted by molar-refractivity contribution is -0.383. The molecule has 15 heteroatoms. The van der Waals surface area contributed by atoms with Gasteiger partial charge in [-0.25, -0.2) is 4.39 Å². The van der Waals surface area contributed by atoms with Crippen molar-refractivity contribution in [2.75, 3.05) is 36.4 Å². The molecule has 44 heavy (non-hydrogen) atoms. The van der Waals surface area contributed by atoms with Gasteiger partial charge in [0.25, 0.3) is 11.6 Å². The van der Waals surface area contributed by atoms with Gasteiger partial charge in [-0.05, 0) is 25.1 Å². The first-order chi connectivity index (χ1) is 21.3. The number of hydrogen-bond donors (Lipinski definition) is 3. The smallest absolute Gasteiger partial charge is 0.293 e. The Bertz CT molecular complexity index is 1830. The summed E-state index contributed by atoms with van der Waals surface area (Å²) in [6, 6.07) is 13.4. The summed E-state index contributed by atoms with van der Waals surface area (Å²) in [5.74, 6) is -0.158. The predicted octanol–water partition coefficient (Wildman–Crippen LogP) is 3.94. The quantitative estimate of drug-likeness (QED) is 0.165. The van der Waals surface area contributed by atoms with E-state index in [2.05, 4.69) is 25.9 Å². The number of hydrogen-bond acceptors (Lipinski definition) is 10. The molecule has 14 nitrogen and oxygen atoms in total. The summed E-state index contributed by atoms with van der Waals surface area (Å²) in [6.07, 6.45) is 1.45. The van der Waals surface area contributed by atoms with Crippen LogP contribution in [0.3, 0.4) is 0 Å². The molecule has 5 aromatic rings. The van der Waals surface area contributed by atoms with Crippen molar-refractivity contribution in [1.82, 2.24) is 25.5 Å². The first-order valence-corrected chi connectivity index (χ1v) is 13.8. The van der Waals surface area contributed by atoms with Crippen molar-refractivity contribution < 1.29 is 27.9 Å². The molecule has 6 rings (SSSR count). The molecular weight excluding hydrogens is 575 g/mol. The number of nitrogens with one attached hydrogen (secondary N) is 3. The van der Waals surface area contributed by atoms with Gasteiger partial charge < -0.3 is 34.5 Å². The number of halogens is 1. The third-order valence-corrected chi connectivity index (χ3v) is 7.41. The van der Waals surface area contributed by atoms with E-state index in [0.29, 0.717) is 66.6 Å². The molecule has 1 atom stereocenters. The molecule has 1 aliphatic heterocycles.